The van der Waals surface area contributed by atoms with Crippen molar-refractivity contribution in [1.29, 1.82) is 5.41 Å². The Morgan fingerprint density at radius 3 is 2.67 bits per heavy atom. The first-order valence-corrected chi connectivity index (χ1v) is 7.47. The van der Waals surface area contributed by atoms with Gasteiger partial charge in [-0.1, -0.05) is 37.5 Å². The molecule has 4 N–H and O–H groups in total. The van der Waals surface area contributed by atoms with Crippen molar-refractivity contribution in [2.24, 2.45) is 11.7 Å². The van der Waals surface area contributed by atoms with Crippen LogP contribution >= 0.6 is 0 Å². The number of hydrogen-bond acceptors (Lipinski definition) is 2. The van der Waals surface area contributed by atoms with Crippen molar-refractivity contribution in [1.82, 2.24) is 4.90 Å². The van der Waals surface area contributed by atoms with Crippen molar-refractivity contribution in [3.05, 3.63) is 35.4 Å². The standard InChI is InChI=1S/C16H23N3O2/c17-15(18)14-8-4-7-13(9-14)11-19(16(20)21)10-12-5-2-1-3-6-12/h4,7-9,12H,1-3,5-6,10-11H2,(H3,17,18)(H,20,21). The van der Waals surface area contributed by atoms with Crippen molar-refractivity contribution < 1.29 is 9.90 Å². The molecule has 5 heteroatoms. The van der Waals surface area contributed by atoms with Crippen LogP contribution in [0.3, 0.4) is 0 Å². The summed E-state index contributed by atoms with van der Waals surface area (Å²) in [5.41, 5.74) is 6.99. The van der Waals surface area contributed by atoms with E-state index in [0.29, 0.717) is 24.6 Å². The summed E-state index contributed by atoms with van der Waals surface area (Å²) in [6.45, 7) is 0.951. The van der Waals surface area contributed by atoms with Gasteiger partial charge in [0.25, 0.3) is 0 Å². The summed E-state index contributed by atoms with van der Waals surface area (Å²) < 4.78 is 0. The number of rotatable bonds is 5. The third kappa shape index (κ3) is 4.48. The van der Waals surface area contributed by atoms with Crippen molar-refractivity contribution >= 4 is 11.9 Å². The number of nitrogen functional groups attached to an aromatic ring is 1. The summed E-state index contributed by atoms with van der Waals surface area (Å²) in [5, 5.41) is 16.9. The number of nitrogens with two attached hydrogens (primary N) is 1. The topological polar surface area (TPSA) is 90.4 Å². The van der Waals surface area contributed by atoms with Gasteiger partial charge in [-0.3, -0.25) is 5.41 Å². The maximum Gasteiger partial charge on any atom is 0.407 e. The number of amides is 1. The molecule has 1 aromatic rings. The van der Waals surface area contributed by atoms with E-state index in [4.69, 9.17) is 11.1 Å². The summed E-state index contributed by atoms with van der Waals surface area (Å²) in [6, 6.07) is 7.24. The summed E-state index contributed by atoms with van der Waals surface area (Å²) in [7, 11) is 0. The zero-order chi connectivity index (χ0) is 15.2. The van der Waals surface area contributed by atoms with Gasteiger partial charge < -0.3 is 15.7 Å². The molecule has 0 aromatic heterocycles. The van der Waals surface area contributed by atoms with Gasteiger partial charge in [0.05, 0.1) is 0 Å². The third-order valence-electron chi connectivity index (χ3n) is 4.09. The quantitative estimate of drug-likeness (QED) is 0.575. The lowest BCUT2D eigenvalue weighted by Gasteiger charge is -2.28. The summed E-state index contributed by atoms with van der Waals surface area (Å²) in [6.07, 6.45) is 5.04. The predicted molar refractivity (Wildman–Crippen MR) is 82.5 cm³/mol. The normalized spacial score (nSPS) is 15.6. The van der Waals surface area contributed by atoms with E-state index in [1.807, 2.05) is 12.1 Å². The first-order chi connectivity index (χ1) is 10.1. The van der Waals surface area contributed by atoms with E-state index >= 15 is 0 Å². The number of nitrogens with zero attached hydrogens (tertiary/aromatic N) is 1. The Hall–Kier alpha value is -2.04. The van der Waals surface area contributed by atoms with Gasteiger partial charge in [-0.05, 0) is 30.4 Å². The van der Waals surface area contributed by atoms with Gasteiger partial charge >= 0.3 is 6.09 Å². The summed E-state index contributed by atoms with van der Waals surface area (Å²) in [4.78, 5) is 12.9. The Morgan fingerprint density at radius 2 is 2.05 bits per heavy atom. The molecule has 0 spiro atoms. The maximum atomic E-state index is 11.5. The van der Waals surface area contributed by atoms with E-state index in [1.54, 1.807) is 12.1 Å². The molecule has 1 aliphatic carbocycles. The molecular formula is C16H23N3O2. The lowest BCUT2D eigenvalue weighted by Crippen LogP contribution is -2.34. The van der Waals surface area contributed by atoms with Crippen LogP contribution in [-0.2, 0) is 6.54 Å². The number of amidine groups is 1. The van der Waals surface area contributed by atoms with E-state index < -0.39 is 6.09 Å². The van der Waals surface area contributed by atoms with Crippen LogP contribution in [0.5, 0.6) is 0 Å². The Labute approximate surface area is 125 Å². The monoisotopic (exact) mass is 289 g/mol. The second-order valence-electron chi connectivity index (χ2n) is 5.78. The van der Waals surface area contributed by atoms with Crippen LogP contribution in [-0.4, -0.2) is 28.5 Å². The lowest BCUT2D eigenvalue weighted by molar-refractivity contribution is 0.127. The van der Waals surface area contributed by atoms with E-state index in [9.17, 15) is 9.90 Å². The van der Waals surface area contributed by atoms with Crippen LogP contribution in [0, 0.1) is 11.3 Å². The zero-order valence-electron chi connectivity index (χ0n) is 12.2. The van der Waals surface area contributed by atoms with Gasteiger partial charge in [0.2, 0.25) is 0 Å². The van der Waals surface area contributed by atoms with Gasteiger partial charge in [-0.25, -0.2) is 4.79 Å². The van der Waals surface area contributed by atoms with E-state index in [0.717, 1.165) is 18.4 Å². The molecule has 0 radical (unpaired) electrons. The number of hydrogen-bond donors (Lipinski definition) is 3. The van der Waals surface area contributed by atoms with Crippen LogP contribution in [0.4, 0.5) is 4.79 Å². The molecule has 114 valence electrons. The summed E-state index contributed by atoms with van der Waals surface area (Å²) in [5.74, 6) is 0.483. The number of benzene rings is 1. The molecule has 21 heavy (non-hydrogen) atoms. The average Bonchev–Trinajstić information content (AvgIpc) is 2.48. The Balaban J connectivity index is 2.03. The van der Waals surface area contributed by atoms with Crippen LogP contribution < -0.4 is 5.73 Å². The smallest absolute Gasteiger partial charge is 0.407 e. The molecule has 1 amide bonds. The number of carboxylic acid groups (broad SMARTS) is 1. The fourth-order valence-electron chi connectivity index (χ4n) is 2.95. The minimum absolute atomic E-state index is 0.00556. The zero-order valence-corrected chi connectivity index (χ0v) is 12.2. The van der Waals surface area contributed by atoms with E-state index in [2.05, 4.69) is 0 Å². The number of nitrogens with one attached hydrogen (secondary N) is 1. The highest BCUT2D eigenvalue weighted by Crippen LogP contribution is 2.25. The van der Waals surface area contributed by atoms with Crippen LogP contribution in [0.1, 0.15) is 43.2 Å². The lowest BCUT2D eigenvalue weighted by atomic mass is 9.89. The average molecular weight is 289 g/mol. The minimum atomic E-state index is -0.881. The highest BCUT2D eigenvalue weighted by atomic mass is 16.4. The van der Waals surface area contributed by atoms with Gasteiger partial charge in [0.15, 0.2) is 0 Å². The van der Waals surface area contributed by atoms with Crippen molar-refractivity contribution in [2.75, 3.05) is 6.54 Å². The number of carbonyl (C=O) groups is 1. The van der Waals surface area contributed by atoms with Crippen molar-refractivity contribution in [3.63, 3.8) is 0 Å². The third-order valence-corrected chi connectivity index (χ3v) is 4.09. The molecule has 1 fully saturated rings. The Kier molecular flexibility index (Phi) is 5.20. The van der Waals surface area contributed by atoms with Crippen LogP contribution in [0.15, 0.2) is 24.3 Å². The van der Waals surface area contributed by atoms with Crippen LogP contribution in [0.25, 0.3) is 0 Å². The predicted octanol–water partition coefficient (Wildman–Crippen LogP) is 3.03. The molecule has 0 atom stereocenters. The molecule has 5 nitrogen and oxygen atoms in total. The molecule has 0 saturated heterocycles. The summed E-state index contributed by atoms with van der Waals surface area (Å²) >= 11 is 0. The molecular weight excluding hydrogens is 266 g/mol. The van der Waals surface area contributed by atoms with Gasteiger partial charge in [-0.2, -0.15) is 0 Å². The largest absolute Gasteiger partial charge is 0.465 e. The Morgan fingerprint density at radius 1 is 1.33 bits per heavy atom. The van der Waals surface area contributed by atoms with Crippen molar-refractivity contribution in [2.45, 2.75) is 38.6 Å². The van der Waals surface area contributed by atoms with E-state index in [1.165, 1.54) is 24.2 Å². The molecule has 1 aromatic carbocycles. The molecule has 0 aliphatic heterocycles. The fourth-order valence-corrected chi connectivity index (χ4v) is 2.95. The van der Waals surface area contributed by atoms with Crippen molar-refractivity contribution in [3.8, 4) is 0 Å². The van der Waals surface area contributed by atoms with E-state index in [-0.39, 0.29) is 5.84 Å². The molecule has 1 aliphatic rings. The minimum Gasteiger partial charge on any atom is -0.465 e. The van der Waals surface area contributed by atoms with Gasteiger partial charge in [-0.15, -0.1) is 0 Å². The highest BCUT2D eigenvalue weighted by Gasteiger charge is 2.20. The molecule has 0 unspecified atom stereocenters. The van der Waals surface area contributed by atoms with Gasteiger partial charge in [0.1, 0.15) is 5.84 Å². The molecule has 0 heterocycles. The maximum absolute atomic E-state index is 11.5. The highest BCUT2D eigenvalue weighted by molar-refractivity contribution is 5.95. The first-order valence-electron chi connectivity index (χ1n) is 7.47. The first kappa shape index (κ1) is 15.4. The Bertz CT molecular complexity index is 510. The SMILES string of the molecule is N=C(N)c1cccc(CN(CC2CCCCC2)C(=O)O)c1. The fraction of sp³-hybridized carbons (Fsp3) is 0.500. The van der Waals surface area contributed by atoms with Crippen LogP contribution in [0.2, 0.25) is 0 Å². The molecule has 1 saturated carbocycles. The van der Waals surface area contributed by atoms with Gasteiger partial charge in [0, 0.05) is 18.7 Å². The second-order valence-corrected chi connectivity index (χ2v) is 5.78. The molecule has 0 bridgehead atoms. The molecule has 2 rings (SSSR count). The second kappa shape index (κ2) is 7.11.